The van der Waals surface area contributed by atoms with Crippen molar-refractivity contribution in [2.24, 2.45) is 0 Å². The Hall–Kier alpha value is -6.38. The van der Waals surface area contributed by atoms with Crippen molar-refractivity contribution in [3.8, 4) is 44.5 Å². The number of hydrogen-bond donors (Lipinski definition) is 0. The van der Waals surface area contributed by atoms with Crippen molar-refractivity contribution in [1.82, 2.24) is 9.97 Å². The quantitative estimate of drug-likeness (QED) is 0.175. The van der Waals surface area contributed by atoms with E-state index in [-0.39, 0.29) is 5.41 Å². The number of aromatic nitrogens is 2. The third-order valence-electron chi connectivity index (χ3n) is 10.9. The summed E-state index contributed by atoms with van der Waals surface area (Å²) < 4.78 is 0. The van der Waals surface area contributed by atoms with Crippen LogP contribution in [0.2, 0.25) is 0 Å². The van der Waals surface area contributed by atoms with Gasteiger partial charge in [0.05, 0.1) is 0 Å². The van der Waals surface area contributed by atoms with Crippen LogP contribution in [0, 0.1) is 0 Å². The summed E-state index contributed by atoms with van der Waals surface area (Å²) in [5, 5.41) is 12.5. The monoisotopic (exact) mass is 664 g/mol. The molecule has 246 valence electrons. The SMILES string of the molecule is CC(C)(C)c1cc2ccc3c(-c4ccc(-c5cncc6ccccc56)cc4)cc(-c4ccc(-c5cncc6ccccc56)cc4)c4ccc(c1)c2c34. The van der Waals surface area contributed by atoms with Crippen LogP contribution in [0.5, 0.6) is 0 Å². The van der Waals surface area contributed by atoms with Crippen LogP contribution in [0.25, 0.3) is 98.4 Å². The second-order valence-electron chi connectivity index (χ2n) is 15.1. The molecule has 0 atom stereocenters. The van der Waals surface area contributed by atoms with Gasteiger partial charge in [-0.3, -0.25) is 9.97 Å². The Kier molecular flexibility index (Phi) is 6.78. The molecule has 2 nitrogen and oxygen atoms in total. The molecule has 0 saturated carbocycles. The highest BCUT2D eigenvalue weighted by Gasteiger charge is 2.20. The first kappa shape index (κ1) is 30.4. The summed E-state index contributed by atoms with van der Waals surface area (Å²) in [5.74, 6) is 0. The van der Waals surface area contributed by atoms with Gasteiger partial charge >= 0.3 is 0 Å². The molecule has 10 aromatic rings. The van der Waals surface area contributed by atoms with Gasteiger partial charge in [0.15, 0.2) is 0 Å². The van der Waals surface area contributed by atoms with Crippen LogP contribution in [0.4, 0.5) is 0 Å². The van der Waals surface area contributed by atoms with E-state index >= 15 is 0 Å². The fourth-order valence-corrected chi connectivity index (χ4v) is 8.18. The van der Waals surface area contributed by atoms with Gasteiger partial charge in [-0.2, -0.15) is 0 Å². The Bertz CT molecular complexity index is 2770. The summed E-state index contributed by atoms with van der Waals surface area (Å²) in [7, 11) is 0. The number of nitrogens with zero attached hydrogens (tertiary/aromatic N) is 2. The Morgan fingerprint density at radius 2 is 0.769 bits per heavy atom. The Labute approximate surface area is 303 Å². The first-order valence-corrected chi connectivity index (χ1v) is 18.0. The van der Waals surface area contributed by atoms with Gasteiger partial charge < -0.3 is 0 Å². The minimum Gasteiger partial charge on any atom is -0.263 e. The molecule has 8 aromatic carbocycles. The summed E-state index contributed by atoms with van der Waals surface area (Å²) >= 11 is 0. The van der Waals surface area contributed by atoms with E-state index in [0.29, 0.717) is 0 Å². The van der Waals surface area contributed by atoms with Gasteiger partial charge in [0, 0.05) is 46.7 Å². The third kappa shape index (κ3) is 4.86. The molecule has 0 N–H and O–H groups in total. The fourth-order valence-electron chi connectivity index (χ4n) is 8.18. The molecule has 2 aromatic heterocycles. The molecule has 0 aliphatic carbocycles. The van der Waals surface area contributed by atoms with Gasteiger partial charge in [0.2, 0.25) is 0 Å². The highest BCUT2D eigenvalue weighted by Crippen LogP contribution is 2.45. The van der Waals surface area contributed by atoms with Crippen LogP contribution in [0.1, 0.15) is 26.3 Å². The van der Waals surface area contributed by atoms with Crippen molar-refractivity contribution < 1.29 is 0 Å². The number of rotatable bonds is 4. The van der Waals surface area contributed by atoms with Gasteiger partial charge in [0.1, 0.15) is 0 Å². The molecule has 0 aliphatic heterocycles. The average Bonchev–Trinajstić information content (AvgIpc) is 3.19. The predicted octanol–water partition coefficient (Wildman–Crippen LogP) is 13.6. The summed E-state index contributed by atoms with van der Waals surface area (Å²) in [6.45, 7) is 6.89. The smallest absolute Gasteiger partial charge is 0.0352 e. The topological polar surface area (TPSA) is 25.8 Å². The first-order valence-electron chi connectivity index (χ1n) is 18.0. The Balaban J connectivity index is 1.18. The van der Waals surface area contributed by atoms with Gasteiger partial charge in [-0.1, -0.05) is 154 Å². The lowest BCUT2D eigenvalue weighted by molar-refractivity contribution is 0.591. The molecule has 2 heterocycles. The minimum absolute atomic E-state index is 0.0590. The maximum atomic E-state index is 4.56. The molecule has 52 heavy (non-hydrogen) atoms. The molecule has 2 heteroatoms. The second-order valence-corrected chi connectivity index (χ2v) is 15.1. The zero-order chi connectivity index (χ0) is 35.0. The molecule has 0 fully saturated rings. The second kappa shape index (κ2) is 11.6. The van der Waals surface area contributed by atoms with E-state index < -0.39 is 0 Å². The lowest BCUT2D eigenvalue weighted by Gasteiger charge is -2.23. The zero-order valence-corrected chi connectivity index (χ0v) is 29.5. The molecule has 0 amide bonds. The van der Waals surface area contributed by atoms with Crippen LogP contribution in [0.15, 0.2) is 164 Å². The highest BCUT2D eigenvalue weighted by atomic mass is 14.6. The Morgan fingerprint density at radius 3 is 1.21 bits per heavy atom. The molecule has 10 rings (SSSR count). The molecule has 0 radical (unpaired) electrons. The van der Waals surface area contributed by atoms with E-state index in [0.717, 1.165) is 21.9 Å². The first-order chi connectivity index (χ1) is 25.4. The summed E-state index contributed by atoms with van der Waals surface area (Å²) in [5.41, 5.74) is 10.9. The standard InChI is InChI=1S/C50H36N2/c1-50(2,3)39-24-35-20-22-42-44(31-12-16-33(17-13-31)46-29-51-27-37-8-4-6-10-40(37)46)26-45(43-23-21-36(25-39)48(35)49(42)43)32-14-18-34(19-15-32)47-30-52-28-38-9-5-7-11-41(38)47/h4-30H,1-3H3. The zero-order valence-electron chi connectivity index (χ0n) is 29.5. The highest BCUT2D eigenvalue weighted by molar-refractivity contribution is 6.28. The minimum atomic E-state index is 0.0590. The van der Waals surface area contributed by atoms with E-state index in [1.807, 2.05) is 24.8 Å². The Morgan fingerprint density at radius 1 is 0.346 bits per heavy atom. The number of hydrogen-bond acceptors (Lipinski definition) is 2. The van der Waals surface area contributed by atoms with E-state index in [4.69, 9.17) is 0 Å². The summed E-state index contributed by atoms with van der Waals surface area (Å²) in [6, 6.07) is 51.6. The van der Waals surface area contributed by atoms with Crippen LogP contribution in [0.3, 0.4) is 0 Å². The van der Waals surface area contributed by atoms with Gasteiger partial charge in [-0.25, -0.2) is 0 Å². The lowest BCUT2D eigenvalue weighted by Crippen LogP contribution is -2.10. The summed E-state index contributed by atoms with van der Waals surface area (Å²) in [4.78, 5) is 9.12. The van der Waals surface area contributed by atoms with Crippen molar-refractivity contribution in [3.63, 3.8) is 0 Å². The molecule has 0 spiro atoms. The van der Waals surface area contributed by atoms with Crippen LogP contribution < -0.4 is 0 Å². The molecule has 0 bridgehead atoms. The average molecular weight is 665 g/mol. The maximum absolute atomic E-state index is 4.56. The molecule has 0 unspecified atom stereocenters. The third-order valence-corrected chi connectivity index (χ3v) is 10.9. The van der Waals surface area contributed by atoms with Crippen LogP contribution >= 0.6 is 0 Å². The maximum Gasteiger partial charge on any atom is 0.0352 e. The van der Waals surface area contributed by atoms with Gasteiger partial charge in [0.25, 0.3) is 0 Å². The van der Waals surface area contributed by atoms with E-state index in [1.54, 1.807) is 0 Å². The predicted molar refractivity (Wildman–Crippen MR) is 221 cm³/mol. The largest absolute Gasteiger partial charge is 0.263 e. The van der Waals surface area contributed by atoms with Gasteiger partial charge in [-0.05, 0) is 93.5 Å². The van der Waals surface area contributed by atoms with Crippen LogP contribution in [-0.4, -0.2) is 9.97 Å². The van der Waals surface area contributed by atoms with Crippen molar-refractivity contribution in [1.29, 1.82) is 0 Å². The number of fused-ring (bicyclic) bond motifs is 2. The molecule has 0 saturated heterocycles. The summed E-state index contributed by atoms with van der Waals surface area (Å²) in [6.07, 6.45) is 7.84. The van der Waals surface area contributed by atoms with E-state index in [9.17, 15) is 0 Å². The number of benzene rings is 8. The normalized spacial score (nSPS) is 12.1. The van der Waals surface area contributed by atoms with E-state index in [2.05, 4.69) is 170 Å². The molecular weight excluding hydrogens is 629 g/mol. The molecule has 0 aliphatic rings. The van der Waals surface area contributed by atoms with Crippen molar-refractivity contribution in [2.45, 2.75) is 26.2 Å². The molecular formula is C50H36N2. The van der Waals surface area contributed by atoms with Gasteiger partial charge in [-0.15, -0.1) is 0 Å². The van der Waals surface area contributed by atoms with Crippen LogP contribution in [-0.2, 0) is 5.41 Å². The number of pyridine rings is 2. The van der Waals surface area contributed by atoms with Crippen molar-refractivity contribution >= 4 is 53.9 Å². The van der Waals surface area contributed by atoms with Crippen molar-refractivity contribution in [2.75, 3.05) is 0 Å². The lowest BCUT2D eigenvalue weighted by atomic mass is 9.81. The van der Waals surface area contributed by atoms with Crippen molar-refractivity contribution in [3.05, 3.63) is 170 Å². The van der Waals surface area contributed by atoms with E-state index in [1.165, 1.54) is 82.0 Å². The fraction of sp³-hybridized carbons (Fsp3) is 0.0800.